The monoisotopic (exact) mass is 285 g/mol. The van der Waals surface area contributed by atoms with E-state index < -0.39 is 0 Å². The lowest BCUT2D eigenvalue weighted by molar-refractivity contribution is -0.108. The van der Waals surface area contributed by atoms with Crippen molar-refractivity contribution in [1.29, 1.82) is 0 Å². The van der Waals surface area contributed by atoms with Gasteiger partial charge in [0.2, 0.25) is 0 Å². The first kappa shape index (κ1) is 12.4. The summed E-state index contributed by atoms with van der Waals surface area (Å²) < 4.78 is 0. The van der Waals surface area contributed by atoms with Gasteiger partial charge in [-0.15, -0.1) is 0 Å². The zero-order chi connectivity index (χ0) is 14.0. The average Bonchev–Trinajstić information content (AvgIpc) is 2.94. The fraction of sp³-hybridized carbons (Fsp3) is 1.00. The third-order valence-corrected chi connectivity index (χ3v) is 10.4. The van der Waals surface area contributed by atoms with Gasteiger partial charge in [-0.05, 0) is 97.2 Å². The quantitative estimate of drug-likeness (QED) is 0.703. The van der Waals surface area contributed by atoms with Crippen LogP contribution in [0.25, 0.3) is 0 Å². The summed E-state index contributed by atoms with van der Waals surface area (Å²) in [5, 5.41) is 0. The summed E-state index contributed by atoms with van der Waals surface area (Å²) in [4.78, 5) is 0. The molecule has 3 spiro atoms. The van der Waals surface area contributed by atoms with E-state index in [0.29, 0.717) is 6.04 Å². The maximum atomic E-state index is 6.70. The van der Waals surface area contributed by atoms with Crippen LogP contribution in [0.15, 0.2) is 0 Å². The van der Waals surface area contributed by atoms with E-state index in [4.69, 9.17) is 5.73 Å². The van der Waals surface area contributed by atoms with Gasteiger partial charge in [0.1, 0.15) is 0 Å². The molecule has 0 amide bonds. The molecule has 2 N–H and O–H groups in total. The lowest BCUT2D eigenvalue weighted by Gasteiger charge is -2.59. The van der Waals surface area contributed by atoms with Crippen LogP contribution in [0, 0.1) is 45.8 Å². The molecule has 0 bridgehead atoms. The molecule has 0 aliphatic heterocycles. The third kappa shape index (κ3) is 0.982. The predicted molar refractivity (Wildman–Crippen MR) is 84.6 cm³/mol. The van der Waals surface area contributed by atoms with Crippen LogP contribution in [-0.2, 0) is 0 Å². The molecule has 6 unspecified atom stereocenters. The van der Waals surface area contributed by atoms with E-state index in [2.05, 4.69) is 6.92 Å². The topological polar surface area (TPSA) is 26.0 Å². The van der Waals surface area contributed by atoms with Crippen LogP contribution in [0.5, 0.6) is 0 Å². The SMILES string of the molecule is CC1C(N)CC2CCC2C2CC3(C12)C1(CCC1)C31CCC1. The second kappa shape index (κ2) is 3.40. The zero-order valence-corrected chi connectivity index (χ0v) is 13.6. The highest BCUT2D eigenvalue weighted by molar-refractivity contribution is 5.41. The Morgan fingerprint density at radius 1 is 0.905 bits per heavy atom. The minimum absolute atomic E-state index is 0.514. The fourth-order valence-electron chi connectivity index (χ4n) is 9.28. The minimum atomic E-state index is 0.514. The maximum Gasteiger partial charge on any atom is 0.00702 e. The molecule has 6 saturated carbocycles. The van der Waals surface area contributed by atoms with E-state index in [1.54, 1.807) is 38.5 Å². The summed E-state index contributed by atoms with van der Waals surface area (Å²) in [6.07, 6.45) is 15.5. The lowest BCUT2D eigenvalue weighted by atomic mass is 9.45. The molecule has 0 saturated heterocycles. The smallest absolute Gasteiger partial charge is 0.00702 e. The van der Waals surface area contributed by atoms with E-state index in [1.165, 1.54) is 25.7 Å². The van der Waals surface area contributed by atoms with Crippen LogP contribution in [0.3, 0.4) is 0 Å². The lowest BCUT2D eigenvalue weighted by Crippen LogP contribution is -2.54. The first-order valence-electron chi connectivity index (χ1n) is 9.93. The van der Waals surface area contributed by atoms with E-state index in [1.807, 2.05) is 0 Å². The molecule has 6 rings (SSSR count). The van der Waals surface area contributed by atoms with Crippen molar-refractivity contribution in [2.75, 3.05) is 0 Å². The summed E-state index contributed by atoms with van der Waals surface area (Å²) >= 11 is 0. The van der Waals surface area contributed by atoms with Crippen molar-refractivity contribution in [3.63, 3.8) is 0 Å². The van der Waals surface area contributed by atoms with Gasteiger partial charge in [0, 0.05) is 6.04 Å². The van der Waals surface area contributed by atoms with Crippen molar-refractivity contribution in [2.24, 2.45) is 51.6 Å². The Kier molecular flexibility index (Phi) is 2.00. The van der Waals surface area contributed by atoms with Gasteiger partial charge in [-0.25, -0.2) is 0 Å². The van der Waals surface area contributed by atoms with Crippen molar-refractivity contribution in [1.82, 2.24) is 0 Å². The fourth-order valence-corrected chi connectivity index (χ4v) is 9.28. The molecule has 0 heterocycles. The van der Waals surface area contributed by atoms with Gasteiger partial charge in [-0.2, -0.15) is 0 Å². The van der Waals surface area contributed by atoms with Crippen LogP contribution in [0.4, 0.5) is 0 Å². The number of fused-ring (bicyclic) bond motifs is 7. The molecule has 1 heteroatoms. The Labute approximate surface area is 129 Å². The molecule has 0 radical (unpaired) electrons. The Morgan fingerprint density at radius 3 is 2.05 bits per heavy atom. The highest BCUT2D eigenvalue weighted by Crippen LogP contribution is 2.99. The second-order valence-corrected chi connectivity index (χ2v) is 10.00. The van der Waals surface area contributed by atoms with Gasteiger partial charge in [-0.1, -0.05) is 19.8 Å². The summed E-state index contributed by atoms with van der Waals surface area (Å²) in [6, 6.07) is 0.514. The molecule has 6 aliphatic rings. The Bertz CT molecular complexity index is 480. The van der Waals surface area contributed by atoms with Crippen LogP contribution in [0.2, 0.25) is 0 Å². The van der Waals surface area contributed by atoms with Gasteiger partial charge in [0.15, 0.2) is 0 Å². The van der Waals surface area contributed by atoms with Crippen LogP contribution in [-0.4, -0.2) is 6.04 Å². The molecule has 116 valence electrons. The van der Waals surface area contributed by atoms with Gasteiger partial charge < -0.3 is 5.73 Å². The molecule has 1 nitrogen and oxygen atoms in total. The highest BCUT2D eigenvalue weighted by atomic mass is 15.0. The summed E-state index contributed by atoms with van der Waals surface area (Å²) in [5.41, 5.74) is 9.19. The molecule has 6 aliphatic carbocycles. The molecule has 0 aromatic carbocycles. The molecular weight excluding hydrogens is 254 g/mol. The van der Waals surface area contributed by atoms with Crippen LogP contribution >= 0.6 is 0 Å². The molecular formula is C20H31N. The molecule has 6 atom stereocenters. The second-order valence-electron chi connectivity index (χ2n) is 10.00. The summed E-state index contributed by atoms with van der Waals surface area (Å²) in [7, 11) is 0. The van der Waals surface area contributed by atoms with Crippen molar-refractivity contribution < 1.29 is 0 Å². The van der Waals surface area contributed by atoms with E-state index in [-0.39, 0.29) is 0 Å². The Balaban J connectivity index is 1.42. The standard InChI is InChI=1S/C20H31N/c1-12-16(21)10-13-4-5-14(13)15-11-20(17(12)15)18(6-2-7-18)19(20)8-3-9-19/h12-17H,2-11,21H2,1H3. The van der Waals surface area contributed by atoms with E-state index in [0.717, 1.165) is 45.8 Å². The number of rotatable bonds is 0. The Hall–Kier alpha value is -0.0400. The maximum absolute atomic E-state index is 6.70. The van der Waals surface area contributed by atoms with Crippen molar-refractivity contribution >= 4 is 0 Å². The van der Waals surface area contributed by atoms with E-state index >= 15 is 0 Å². The van der Waals surface area contributed by atoms with Crippen molar-refractivity contribution in [2.45, 2.75) is 77.2 Å². The Morgan fingerprint density at radius 2 is 1.57 bits per heavy atom. The molecule has 6 fully saturated rings. The highest BCUT2D eigenvalue weighted by Gasteiger charge is 2.93. The van der Waals surface area contributed by atoms with Gasteiger partial charge in [0.05, 0.1) is 0 Å². The number of hydrogen-bond acceptors (Lipinski definition) is 1. The first-order chi connectivity index (χ1) is 10.2. The number of hydrogen-bond donors (Lipinski definition) is 1. The van der Waals surface area contributed by atoms with Crippen LogP contribution < -0.4 is 5.73 Å². The molecule has 0 aromatic heterocycles. The first-order valence-corrected chi connectivity index (χ1v) is 9.93. The molecule has 21 heavy (non-hydrogen) atoms. The van der Waals surface area contributed by atoms with Gasteiger partial charge >= 0.3 is 0 Å². The van der Waals surface area contributed by atoms with Crippen molar-refractivity contribution in [3.05, 3.63) is 0 Å². The number of nitrogens with two attached hydrogens (primary N) is 1. The predicted octanol–water partition coefficient (Wildman–Crippen LogP) is 4.36. The van der Waals surface area contributed by atoms with Gasteiger partial charge in [0.25, 0.3) is 0 Å². The van der Waals surface area contributed by atoms with Crippen molar-refractivity contribution in [3.8, 4) is 0 Å². The van der Waals surface area contributed by atoms with E-state index in [9.17, 15) is 0 Å². The summed E-state index contributed by atoms with van der Waals surface area (Å²) in [5.74, 6) is 5.04. The van der Waals surface area contributed by atoms with Gasteiger partial charge in [-0.3, -0.25) is 0 Å². The zero-order valence-electron chi connectivity index (χ0n) is 13.6. The normalized spacial score (nSPS) is 56.3. The molecule has 0 aromatic rings. The largest absolute Gasteiger partial charge is 0.327 e. The average molecular weight is 285 g/mol. The summed E-state index contributed by atoms with van der Waals surface area (Å²) in [6.45, 7) is 2.55. The third-order valence-electron chi connectivity index (χ3n) is 10.4. The minimum Gasteiger partial charge on any atom is -0.327 e. The van der Waals surface area contributed by atoms with Crippen LogP contribution in [0.1, 0.15) is 71.1 Å².